The average Bonchev–Trinajstić information content (AvgIpc) is 2.45. The molecule has 134 valence electrons. The molecule has 2 aliphatic rings. The third-order valence-electron chi connectivity index (χ3n) is 3.58. The summed E-state index contributed by atoms with van der Waals surface area (Å²) in [5.41, 5.74) is 0. The van der Waals surface area contributed by atoms with Gasteiger partial charge in [0.1, 0.15) is 0 Å². The molecule has 0 saturated carbocycles. The predicted octanol–water partition coefficient (Wildman–Crippen LogP) is 1.81. The SMILES string of the molecule is CC(=O)OCC(=O)N1CCC(F)(F)CC1.FC1(F)CCNCC1. The second-order valence-electron chi connectivity index (χ2n) is 5.62. The van der Waals surface area contributed by atoms with Crippen LogP contribution in [0.2, 0.25) is 0 Å². The summed E-state index contributed by atoms with van der Waals surface area (Å²) in [6.45, 7) is 1.80. The summed E-state index contributed by atoms with van der Waals surface area (Å²) in [6.07, 6.45) is -0.627. The van der Waals surface area contributed by atoms with E-state index in [1.807, 2.05) is 0 Å². The fourth-order valence-electron chi connectivity index (χ4n) is 2.13. The number of likely N-dealkylation sites (tertiary alicyclic amines) is 1. The van der Waals surface area contributed by atoms with E-state index in [4.69, 9.17) is 0 Å². The first-order valence-corrected chi connectivity index (χ1v) is 7.49. The molecule has 1 N–H and O–H groups in total. The van der Waals surface area contributed by atoms with Gasteiger partial charge in [0.2, 0.25) is 0 Å². The Labute approximate surface area is 132 Å². The lowest BCUT2D eigenvalue weighted by Crippen LogP contribution is -2.44. The summed E-state index contributed by atoms with van der Waals surface area (Å²) in [7, 11) is 0. The maximum Gasteiger partial charge on any atom is 0.303 e. The normalized spacial score (nSPS) is 22.6. The highest BCUT2D eigenvalue weighted by Gasteiger charge is 2.35. The van der Waals surface area contributed by atoms with E-state index in [-0.39, 0.29) is 45.4 Å². The second-order valence-corrected chi connectivity index (χ2v) is 5.62. The molecule has 5 nitrogen and oxygen atoms in total. The van der Waals surface area contributed by atoms with Crippen molar-refractivity contribution in [3.05, 3.63) is 0 Å². The van der Waals surface area contributed by atoms with Gasteiger partial charge < -0.3 is 15.0 Å². The van der Waals surface area contributed by atoms with Gasteiger partial charge in [0.15, 0.2) is 6.61 Å². The minimum Gasteiger partial charge on any atom is -0.456 e. The van der Waals surface area contributed by atoms with Gasteiger partial charge >= 0.3 is 5.97 Å². The first-order valence-electron chi connectivity index (χ1n) is 7.49. The fraction of sp³-hybridized carbons (Fsp3) is 0.857. The lowest BCUT2D eigenvalue weighted by atomic mass is 10.1. The number of ether oxygens (including phenoxy) is 1. The van der Waals surface area contributed by atoms with Gasteiger partial charge in [0.25, 0.3) is 17.8 Å². The highest BCUT2D eigenvalue weighted by atomic mass is 19.3. The third-order valence-corrected chi connectivity index (χ3v) is 3.58. The van der Waals surface area contributed by atoms with Gasteiger partial charge in [0.05, 0.1) is 0 Å². The zero-order valence-corrected chi connectivity index (χ0v) is 13.0. The molecule has 2 aliphatic heterocycles. The quantitative estimate of drug-likeness (QED) is 0.614. The molecule has 0 unspecified atom stereocenters. The molecule has 0 aliphatic carbocycles. The molecule has 0 aromatic heterocycles. The van der Waals surface area contributed by atoms with Crippen molar-refractivity contribution in [3.8, 4) is 0 Å². The van der Waals surface area contributed by atoms with Crippen molar-refractivity contribution in [2.24, 2.45) is 0 Å². The molecule has 2 heterocycles. The molecular weight excluding hydrogens is 320 g/mol. The van der Waals surface area contributed by atoms with Gasteiger partial charge in [-0.3, -0.25) is 9.59 Å². The summed E-state index contributed by atoms with van der Waals surface area (Å²) < 4.78 is 54.3. The lowest BCUT2D eigenvalue weighted by molar-refractivity contribution is -0.153. The predicted molar refractivity (Wildman–Crippen MR) is 74.4 cm³/mol. The summed E-state index contributed by atoms with van der Waals surface area (Å²) >= 11 is 0. The van der Waals surface area contributed by atoms with Gasteiger partial charge in [-0.15, -0.1) is 0 Å². The topological polar surface area (TPSA) is 58.6 Å². The van der Waals surface area contributed by atoms with Gasteiger partial charge in [-0.2, -0.15) is 0 Å². The van der Waals surface area contributed by atoms with Crippen LogP contribution in [-0.4, -0.2) is 61.4 Å². The third kappa shape index (κ3) is 8.15. The number of halogens is 4. The molecule has 0 aromatic rings. The zero-order chi connectivity index (χ0) is 17.5. The monoisotopic (exact) mass is 342 g/mol. The highest BCUT2D eigenvalue weighted by molar-refractivity contribution is 5.80. The van der Waals surface area contributed by atoms with Gasteiger partial charge in [-0.05, 0) is 0 Å². The van der Waals surface area contributed by atoms with E-state index >= 15 is 0 Å². The number of rotatable bonds is 2. The number of hydrogen-bond acceptors (Lipinski definition) is 4. The van der Waals surface area contributed by atoms with Crippen molar-refractivity contribution >= 4 is 11.9 Å². The van der Waals surface area contributed by atoms with Crippen molar-refractivity contribution in [1.82, 2.24) is 10.2 Å². The molecule has 23 heavy (non-hydrogen) atoms. The summed E-state index contributed by atoms with van der Waals surface area (Å²) in [5, 5.41) is 2.86. The van der Waals surface area contributed by atoms with Crippen molar-refractivity contribution in [2.75, 3.05) is 32.8 Å². The van der Waals surface area contributed by atoms with E-state index < -0.39 is 23.7 Å². The lowest BCUT2D eigenvalue weighted by Gasteiger charge is -2.31. The van der Waals surface area contributed by atoms with Crippen molar-refractivity contribution in [3.63, 3.8) is 0 Å². The Morgan fingerprint density at radius 2 is 1.48 bits per heavy atom. The summed E-state index contributed by atoms with van der Waals surface area (Å²) in [5.74, 6) is -6.02. The molecule has 0 atom stereocenters. The smallest absolute Gasteiger partial charge is 0.303 e. The molecule has 0 spiro atoms. The zero-order valence-electron chi connectivity index (χ0n) is 13.0. The average molecular weight is 342 g/mol. The highest BCUT2D eigenvalue weighted by Crippen LogP contribution is 2.27. The van der Waals surface area contributed by atoms with Gasteiger partial charge in [-0.25, -0.2) is 17.6 Å². The number of carbonyl (C=O) groups excluding carboxylic acids is 2. The molecule has 2 fully saturated rings. The van der Waals surface area contributed by atoms with Crippen molar-refractivity contribution < 1.29 is 31.9 Å². The van der Waals surface area contributed by atoms with Crippen LogP contribution in [0.3, 0.4) is 0 Å². The number of hydrogen-bond donors (Lipinski definition) is 1. The molecular formula is C14H22F4N2O3. The van der Waals surface area contributed by atoms with Crippen LogP contribution in [0.1, 0.15) is 32.6 Å². The van der Waals surface area contributed by atoms with Crippen molar-refractivity contribution in [2.45, 2.75) is 44.5 Å². The largest absolute Gasteiger partial charge is 0.456 e. The number of amides is 1. The second kappa shape index (κ2) is 8.47. The molecule has 9 heteroatoms. The van der Waals surface area contributed by atoms with Crippen LogP contribution in [0.25, 0.3) is 0 Å². The Balaban J connectivity index is 0.000000277. The molecule has 0 radical (unpaired) electrons. The minimum atomic E-state index is -2.67. The number of alkyl halides is 4. The van der Waals surface area contributed by atoms with E-state index in [1.54, 1.807) is 0 Å². The Morgan fingerprint density at radius 1 is 1.00 bits per heavy atom. The van der Waals surface area contributed by atoms with E-state index in [9.17, 15) is 27.2 Å². The number of piperidine rings is 2. The number of esters is 1. The molecule has 2 saturated heterocycles. The molecule has 2 rings (SSSR count). The van der Waals surface area contributed by atoms with Gasteiger partial charge in [0, 0.05) is 58.8 Å². The Morgan fingerprint density at radius 3 is 1.87 bits per heavy atom. The van der Waals surface area contributed by atoms with Crippen LogP contribution in [0.5, 0.6) is 0 Å². The van der Waals surface area contributed by atoms with Crippen LogP contribution in [-0.2, 0) is 14.3 Å². The number of carbonyl (C=O) groups is 2. The van der Waals surface area contributed by atoms with E-state index in [0.717, 1.165) is 0 Å². The van der Waals surface area contributed by atoms with Crippen molar-refractivity contribution in [1.29, 1.82) is 0 Å². The summed E-state index contributed by atoms with van der Waals surface area (Å²) in [4.78, 5) is 23.0. The maximum atomic E-state index is 12.7. The van der Waals surface area contributed by atoms with Crippen LogP contribution < -0.4 is 5.32 Å². The van der Waals surface area contributed by atoms with Crippen LogP contribution in [0.4, 0.5) is 17.6 Å². The molecule has 1 amide bonds. The van der Waals surface area contributed by atoms with E-state index in [0.29, 0.717) is 13.1 Å². The summed E-state index contributed by atoms with van der Waals surface area (Å²) in [6, 6.07) is 0. The number of nitrogens with one attached hydrogen (secondary N) is 1. The first kappa shape index (κ1) is 19.7. The Bertz CT molecular complexity index is 401. The Kier molecular flexibility index (Phi) is 7.24. The van der Waals surface area contributed by atoms with Crippen LogP contribution in [0, 0.1) is 0 Å². The van der Waals surface area contributed by atoms with E-state index in [1.165, 1.54) is 11.8 Å². The van der Waals surface area contributed by atoms with Gasteiger partial charge in [-0.1, -0.05) is 0 Å². The molecule has 0 bridgehead atoms. The van der Waals surface area contributed by atoms with Crippen LogP contribution in [0.15, 0.2) is 0 Å². The fourth-order valence-corrected chi connectivity index (χ4v) is 2.13. The van der Waals surface area contributed by atoms with Crippen LogP contribution >= 0.6 is 0 Å². The number of nitrogens with zero attached hydrogens (tertiary/aromatic N) is 1. The first-order chi connectivity index (χ1) is 10.6. The Hall–Kier alpha value is -1.38. The molecule has 0 aromatic carbocycles. The van der Waals surface area contributed by atoms with E-state index in [2.05, 4.69) is 10.1 Å². The standard InChI is InChI=1S/C9H13F2NO3.C5H9F2N/c1-7(13)15-6-8(14)12-4-2-9(10,11)3-5-12;6-5(7)1-3-8-4-2-5/h2-6H2,1H3;8H,1-4H2. The minimum absolute atomic E-state index is 0.00694. The maximum absolute atomic E-state index is 12.7.